The average molecular weight is 473 g/mol. The van der Waals surface area contributed by atoms with E-state index < -0.39 is 10.7 Å². The van der Waals surface area contributed by atoms with Gasteiger partial charge in [-0.15, -0.1) is 0 Å². The number of hydrogen-bond acceptors (Lipinski definition) is 5. The average Bonchev–Trinajstić information content (AvgIpc) is 3.13. The summed E-state index contributed by atoms with van der Waals surface area (Å²) in [6.07, 6.45) is 0. The molecule has 0 fully saturated rings. The SMILES string of the molecule is CCn1c2ccc(C(=O)c3ccccc3C)cc2c2cc(C(C)=NOC(=O)C(C)(C)S)ccc21. The smallest absolute Gasteiger partial charge is 0.341 e. The second-order valence-corrected chi connectivity index (χ2v) is 10.1. The first kappa shape index (κ1) is 23.8. The summed E-state index contributed by atoms with van der Waals surface area (Å²) >= 11 is 4.23. The molecule has 174 valence electrons. The van der Waals surface area contributed by atoms with Crippen LogP contribution in [0, 0.1) is 6.92 Å². The van der Waals surface area contributed by atoms with Crippen molar-refractivity contribution in [2.24, 2.45) is 5.16 Å². The van der Waals surface area contributed by atoms with Crippen LogP contribution in [-0.2, 0) is 16.2 Å². The third-order valence-electron chi connectivity index (χ3n) is 6.02. The molecule has 0 bridgehead atoms. The summed E-state index contributed by atoms with van der Waals surface area (Å²) in [6, 6.07) is 19.6. The van der Waals surface area contributed by atoms with Gasteiger partial charge >= 0.3 is 5.97 Å². The van der Waals surface area contributed by atoms with Gasteiger partial charge in [0.2, 0.25) is 0 Å². The Morgan fingerprint density at radius 2 is 1.56 bits per heavy atom. The van der Waals surface area contributed by atoms with Crippen LogP contribution in [0.1, 0.15) is 54.7 Å². The zero-order valence-electron chi connectivity index (χ0n) is 20.0. The Bertz CT molecular complexity index is 1460. The van der Waals surface area contributed by atoms with Gasteiger partial charge in [0.25, 0.3) is 0 Å². The first-order valence-corrected chi connectivity index (χ1v) is 11.7. The van der Waals surface area contributed by atoms with Crippen molar-refractivity contribution in [3.63, 3.8) is 0 Å². The van der Waals surface area contributed by atoms with Gasteiger partial charge in [0.15, 0.2) is 5.78 Å². The summed E-state index contributed by atoms with van der Waals surface area (Å²) in [5.74, 6) is -0.509. The van der Waals surface area contributed by atoms with Crippen molar-refractivity contribution in [3.05, 3.63) is 82.9 Å². The fourth-order valence-electron chi connectivity index (χ4n) is 4.07. The van der Waals surface area contributed by atoms with Crippen LogP contribution in [0.25, 0.3) is 21.8 Å². The van der Waals surface area contributed by atoms with E-state index in [-0.39, 0.29) is 5.78 Å². The fraction of sp³-hybridized carbons (Fsp3) is 0.250. The fourth-order valence-corrected chi connectivity index (χ4v) is 4.11. The van der Waals surface area contributed by atoms with Gasteiger partial charge < -0.3 is 9.40 Å². The number of benzene rings is 3. The molecule has 0 saturated carbocycles. The molecular weight excluding hydrogens is 444 g/mol. The van der Waals surface area contributed by atoms with Crippen LogP contribution >= 0.6 is 12.6 Å². The van der Waals surface area contributed by atoms with Crippen LogP contribution in [0.4, 0.5) is 0 Å². The predicted octanol–water partition coefficient (Wildman–Crippen LogP) is 6.33. The van der Waals surface area contributed by atoms with Crippen LogP contribution in [0.5, 0.6) is 0 Å². The molecule has 0 aliphatic rings. The second-order valence-electron chi connectivity index (χ2n) is 8.97. The van der Waals surface area contributed by atoms with E-state index in [1.54, 1.807) is 20.8 Å². The lowest BCUT2D eigenvalue weighted by molar-refractivity contribution is -0.145. The molecule has 0 radical (unpaired) electrons. The van der Waals surface area contributed by atoms with E-state index in [0.29, 0.717) is 16.8 Å². The molecule has 4 rings (SSSR count). The molecule has 0 N–H and O–H groups in total. The summed E-state index contributed by atoms with van der Waals surface area (Å²) in [5, 5.41) is 6.04. The zero-order valence-corrected chi connectivity index (χ0v) is 20.9. The van der Waals surface area contributed by atoms with Crippen LogP contribution in [0.15, 0.2) is 65.8 Å². The molecule has 5 nitrogen and oxygen atoms in total. The summed E-state index contributed by atoms with van der Waals surface area (Å²) < 4.78 is 1.30. The Balaban J connectivity index is 1.81. The molecule has 1 aromatic heterocycles. The number of ketones is 1. The van der Waals surface area contributed by atoms with Crippen molar-refractivity contribution in [3.8, 4) is 0 Å². The number of carbonyl (C=O) groups excluding carboxylic acids is 2. The Morgan fingerprint density at radius 1 is 0.971 bits per heavy atom. The van der Waals surface area contributed by atoms with Gasteiger partial charge in [0.05, 0.1) is 5.71 Å². The Hall–Kier alpha value is -3.38. The van der Waals surface area contributed by atoms with Gasteiger partial charge in [0.1, 0.15) is 4.75 Å². The largest absolute Gasteiger partial charge is 0.350 e. The van der Waals surface area contributed by atoms with Crippen LogP contribution < -0.4 is 0 Å². The molecule has 0 aliphatic heterocycles. The summed E-state index contributed by atoms with van der Waals surface area (Å²) in [5.41, 5.74) is 5.87. The standard InChI is InChI=1S/C28H28N2O3S/c1-6-30-24-13-11-19(18(3)29-33-27(32)28(4,5)34)15-22(24)23-16-20(12-14-25(23)30)26(31)21-10-8-7-9-17(21)2/h7-16,34H,6H2,1-5H3. The van der Waals surface area contributed by atoms with Crippen molar-refractivity contribution < 1.29 is 14.4 Å². The zero-order chi connectivity index (χ0) is 24.6. The van der Waals surface area contributed by atoms with E-state index >= 15 is 0 Å². The van der Waals surface area contributed by atoms with Crippen molar-refractivity contribution in [1.29, 1.82) is 0 Å². The third kappa shape index (κ3) is 4.38. The molecule has 0 spiro atoms. The van der Waals surface area contributed by atoms with E-state index in [0.717, 1.165) is 39.5 Å². The Kier molecular flexibility index (Phi) is 6.36. The maximum Gasteiger partial charge on any atom is 0.350 e. The quantitative estimate of drug-likeness (QED) is 0.117. The number of hydrogen-bond donors (Lipinski definition) is 1. The molecule has 0 atom stereocenters. The van der Waals surface area contributed by atoms with Crippen LogP contribution in [-0.4, -0.2) is 26.8 Å². The number of fused-ring (bicyclic) bond motifs is 3. The minimum Gasteiger partial charge on any atom is -0.341 e. The minimum atomic E-state index is -0.928. The summed E-state index contributed by atoms with van der Waals surface area (Å²) in [4.78, 5) is 30.4. The van der Waals surface area contributed by atoms with Crippen molar-refractivity contribution in [1.82, 2.24) is 4.57 Å². The lowest BCUT2D eigenvalue weighted by atomic mass is 9.97. The highest BCUT2D eigenvalue weighted by atomic mass is 32.1. The molecule has 34 heavy (non-hydrogen) atoms. The highest BCUT2D eigenvalue weighted by Gasteiger charge is 2.25. The molecule has 3 aromatic carbocycles. The van der Waals surface area contributed by atoms with Gasteiger partial charge in [-0.25, -0.2) is 4.79 Å². The second kappa shape index (κ2) is 9.11. The van der Waals surface area contributed by atoms with Crippen LogP contribution in [0.2, 0.25) is 0 Å². The van der Waals surface area contributed by atoms with Crippen molar-refractivity contribution in [2.45, 2.75) is 45.9 Å². The first-order valence-electron chi connectivity index (χ1n) is 11.3. The van der Waals surface area contributed by atoms with Crippen LogP contribution in [0.3, 0.4) is 0 Å². The van der Waals surface area contributed by atoms with Crippen molar-refractivity contribution in [2.75, 3.05) is 0 Å². The maximum absolute atomic E-state index is 13.2. The number of carbonyl (C=O) groups is 2. The number of thiol groups is 1. The van der Waals surface area contributed by atoms with E-state index in [4.69, 9.17) is 4.84 Å². The van der Waals surface area contributed by atoms with Gasteiger partial charge in [-0.2, -0.15) is 12.6 Å². The number of oxime groups is 1. The summed E-state index contributed by atoms with van der Waals surface area (Å²) in [7, 11) is 0. The molecule has 6 heteroatoms. The highest BCUT2D eigenvalue weighted by molar-refractivity contribution is 7.82. The topological polar surface area (TPSA) is 60.7 Å². The molecule has 1 heterocycles. The van der Waals surface area contributed by atoms with Gasteiger partial charge in [-0.1, -0.05) is 35.5 Å². The predicted molar refractivity (Wildman–Crippen MR) is 141 cm³/mol. The molecule has 4 aromatic rings. The molecule has 0 saturated heterocycles. The summed E-state index contributed by atoms with van der Waals surface area (Å²) in [6.45, 7) is 9.96. The van der Waals surface area contributed by atoms with E-state index in [9.17, 15) is 9.59 Å². The first-order chi connectivity index (χ1) is 16.1. The molecule has 0 unspecified atom stereocenters. The molecule has 0 amide bonds. The van der Waals surface area contributed by atoms with Crippen molar-refractivity contribution >= 4 is 51.9 Å². The lowest BCUT2D eigenvalue weighted by Gasteiger charge is -2.12. The van der Waals surface area contributed by atoms with E-state index in [1.807, 2.05) is 67.6 Å². The van der Waals surface area contributed by atoms with E-state index in [2.05, 4.69) is 29.3 Å². The number of aryl methyl sites for hydroxylation is 2. The molecular formula is C28H28N2O3S. The third-order valence-corrected chi connectivity index (χ3v) is 6.20. The number of aromatic nitrogens is 1. The normalized spacial score (nSPS) is 12.4. The Morgan fingerprint density at radius 3 is 2.15 bits per heavy atom. The number of nitrogens with zero attached hydrogens (tertiary/aromatic N) is 2. The van der Waals surface area contributed by atoms with Gasteiger partial charge in [0, 0.05) is 39.5 Å². The Labute approximate surface area is 204 Å². The molecule has 0 aliphatic carbocycles. The minimum absolute atomic E-state index is 0.00702. The van der Waals surface area contributed by atoms with Gasteiger partial charge in [-0.05, 0) is 76.1 Å². The van der Waals surface area contributed by atoms with Gasteiger partial charge in [-0.3, -0.25) is 4.79 Å². The van der Waals surface area contributed by atoms with E-state index in [1.165, 1.54) is 0 Å². The highest BCUT2D eigenvalue weighted by Crippen LogP contribution is 2.31. The monoisotopic (exact) mass is 472 g/mol. The lowest BCUT2D eigenvalue weighted by Crippen LogP contribution is -2.26. The maximum atomic E-state index is 13.2. The number of rotatable bonds is 6.